The van der Waals surface area contributed by atoms with Crippen molar-refractivity contribution in [3.8, 4) is 11.8 Å². The van der Waals surface area contributed by atoms with E-state index < -0.39 is 23.5 Å². The molecular formula is C18H25N3O4. The SMILES string of the molecule is CNC(=O)[C@](Cc1ccccc1)(n1c(O)ccc1O)[C@@](C)(CN)CO. The Labute approximate surface area is 146 Å². The molecule has 0 saturated carbocycles. The normalized spacial score (nSPS) is 16.0. The summed E-state index contributed by atoms with van der Waals surface area (Å²) in [5.41, 5.74) is 4.04. The van der Waals surface area contributed by atoms with Gasteiger partial charge in [-0.2, -0.15) is 0 Å². The van der Waals surface area contributed by atoms with E-state index in [-0.39, 0.29) is 24.7 Å². The van der Waals surface area contributed by atoms with E-state index in [0.717, 1.165) is 10.1 Å². The minimum absolute atomic E-state index is 0.0409. The van der Waals surface area contributed by atoms with E-state index in [1.54, 1.807) is 6.92 Å². The maximum Gasteiger partial charge on any atom is 0.247 e. The number of benzene rings is 1. The van der Waals surface area contributed by atoms with Crippen molar-refractivity contribution in [3.63, 3.8) is 0 Å². The van der Waals surface area contributed by atoms with Crippen molar-refractivity contribution < 1.29 is 20.1 Å². The van der Waals surface area contributed by atoms with Crippen molar-refractivity contribution in [2.75, 3.05) is 20.2 Å². The van der Waals surface area contributed by atoms with E-state index in [1.165, 1.54) is 19.2 Å². The highest BCUT2D eigenvalue weighted by Crippen LogP contribution is 2.45. The molecule has 2 atom stereocenters. The lowest BCUT2D eigenvalue weighted by Gasteiger charge is -2.47. The molecule has 1 aromatic carbocycles. The van der Waals surface area contributed by atoms with Gasteiger partial charge in [0.25, 0.3) is 0 Å². The van der Waals surface area contributed by atoms with Crippen LogP contribution in [0.2, 0.25) is 0 Å². The molecule has 1 heterocycles. The van der Waals surface area contributed by atoms with Crippen LogP contribution in [0, 0.1) is 5.41 Å². The zero-order valence-corrected chi connectivity index (χ0v) is 14.4. The topological polar surface area (TPSA) is 121 Å². The number of nitrogens with two attached hydrogens (primary N) is 1. The number of aliphatic hydroxyl groups is 1. The quantitative estimate of drug-likeness (QED) is 0.501. The number of rotatable bonds is 7. The summed E-state index contributed by atoms with van der Waals surface area (Å²) >= 11 is 0. The number of likely N-dealkylation sites (N-methyl/N-ethyl adjacent to an activating group) is 1. The van der Waals surface area contributed by atoms with Gasteiger partial charge < -0.3 is 26.4 Å². The lowest BCUT2D eigenvalue weighted by Crippen LogP contribution is -2.63. The Morgan fingerprint density at radius 3 is 2.16 bits per heavy atom. The van der Waals surface area contributed by atoms with Crippen LogP contribution in [-0.4, -0.2) is 46.0 Å². The van der Waals surface area contributed by atoms with Crippen LogP contribution >= 0.6 is 0 Å². The number of aromatic nitrogens is 1. The van der Waals surface area contributed by atoms with Crippen molar-refractivity contribution >= 4 is 5.91 Å². The van der Waals surface area contributed by atoms with Gasteiger partial charge in [-0.25, -0.2) is 0 Å². The first kappa shape index (κ1) is 18.8. The van der Waals surface area contributed by atoms with E-state index in [0.29, 0.717) is 0 Å². The summed E-state index contributed by atoms with van der Waals surface area (Å²) in [5, 5.41) is 33.4. The van der Waals surface area contributed by atoms with Gasteiger partial charge in [0.2, 0.25) is 5.91 Å². The van der Waals surface area contributed by atoms with Gasteiger partial charge in [-0.3, -0.25) is 9.36 Å². The van der Waals surface area contributed by atoms with Gasteiger partial charge >= 0.3 is 0 Å². The third-order valence-electron chi connectivity index (χ3n) is 4.92. The molecule has 0 aliphatic rings. The highest BCUT2D eigenvalue weighted by molar-refractivity contribution is 5.86. The van der Waals surface area contributed by atoms with Gasteiger partial charge in [0.1, 0.15) is 5.54 Å². The van der Waals surface area contributed by atoms with Crippen molar-refractivity contribution in [2.24, 2.45) is 11.1 Å². The van der Waals surface area contributed by atoms with Gasteiger partial charge in [-0.05, 0) is 5.56 Å². The molecule has 0 aliphatic heterocycles. The van der Waals surface area contributed by atoms with Crippen LogP contribution in [0.1, 0.15) is 12.5 Å². The smallest absolute Gasteiger partial charge is 0.247 e. The minimum atomic E-state index is -1.54. The first-order valence-electron chi connectivity index (χ1n) is 8.03. The lowest BCUT2D eigenvalue weighted by molar-refractivity contribution is -0.139. The van der Waals surface area contributed by atoms with Crippen LogP contribution < -0.4 is 11.1 Å². The molecule has 6 N–H and O–H groups in total. The van der Waals surface area contributed by atoms with Crippen LogP contribution in [0.5, 0.6) is 11.8 Å². The van der Waals surface area contributed by atoms with E-state index >= 15 is 0 Å². The summed E-state index contributed by atoms with van der Waals surface area (Å²) in [5.74, 6) is -1.05. The lowest BCUT2D eigenvalue weighted by atomic mass is 9.66. The van der Waals surface area contributed by atoms with Crippen LogP contribution in [0.15, 0.2) is 42.5 Å². The monoisotopic (exact) mass is 347 g/mol. The number of carbonyl (C=O) groups excluding carboxylic acids is 1. The van der Waals surface area contributed by atoms with E-state index in [9.17, 15) is 20.1 Å². The molecular weight excluding hydrogens is 322 g/mol. The maximum absolute atomic E-state index is 13.1. The number of hydrogen-bond acceptors (Lipinski definition) is 5. The Kier molecular flexibility index (Phi) is 5.39. The number of aromatic hydroxyl groups is 2. The number of nitrogens with one attached hydrogen (secondary N) is 1. The molecule has 2 aromatic rings. The fourth-order valence-corrected chi connectivity index (χ4v) is 3.29. The first-order chi connectivity index (χ1) is 11.9. The summed E-state index contributed by atoms with van der Waals surface area (Å²) in [6, 6.07) is 11.8. The second-order valence-electron chi connectivity index (χ2n) is 6.41. The van der Waals surface area contributed by atoms with Crippen molar-refractivity contribution in [1.82, 2.24) is 9.88 Å². The average molecular weight is 347 g/mol. The number of aliphatic hydroxyl groups excluding tert-OH is 1. The van der Waals surface area contributed by atoms with E-state index in [1.807, 2.05) is 30.3 Å². The number of carbonyl (C=O) groups is 1. The predicted octanol–water partition coefficient (Wildman–Crippen LogP) is 0.541. The van der Waals surface area contributed by atoms with Crippen LogP contribution in [0.4, 0.5) is 0 Å². The standard InChI is InChI=1S/C18H25N3O4/c1-17(11-19,12-22)18(16(25)20-2,10-13-6-4-3-5-7-13)21-14(23)8-9-15(21)24/h3-9,22-24H,10-12,19H2,1-2H3,(H,20,25)/t17-,18-/m0/s1. The Morgan fingerprint density at radius 1 is 1.16 bits per heavy atom. The molecule has 7 heteroatoms. The molecule has 0 bridgehead atoms. The fraction of sp³-hybridized carbons (Fsp3) is 0.389. The molecule has 2 rings (SSSR count). The molecule has 0 fully saturated rings. The fourth-order valence-electron chi connectivity index (χ4n) is 3.29. The van der Waals surface area contributed by atoms with Gasteiger partial charge in [-0.15, -0.1) is 0 Å². The average Bonchev–Trinajstić information content (AvgIpc) is 2.98. The zero-order valence-electron chi connectivity index (χ0n) is 14.4. The molecule has 0 radical (unpaired) electrons. The van der Waals surface area contributed by atoms with Crippen LogP contribution in [0.3, 0.4) is 0 Å². The van der Waals surface area contributed by atoms with Crippen LogP contribution in [-0.2, 0) is 16.8 Å². The Balaban J connectivity index is 2.81. The zero-order chi connectivity index (χ0) is 18.7. The van der Waals surface area contributed by atoms with Gasteiger partial charge in [0, 0.05) is 37.6 Å². The third kappa shape index (κ3) is 2.96. The molecule has 1 amide bonds. The van der Waals surface area contributed by atoms with E-state index in [4.69, 9.17) is 5.73 Å². The molecule has 0 saturated heterocycles. The second-order valence-corrected chi connectivity index (χ2v) is 6.41. The Hall–Kier alpha value is -2.51. The molecule has 0 spiro atoms. The summed E-state index contributed by atoms with van der Waals surface area (Å²) < 4.78 is 1.14. The summed E-state index contributed by atoms with van der Waals surface area (Å²) in [6.07, 6.45) is 0.123. The molecule has 0 aliphatic carbocycles. The molecule has 0 unspecified atom stereocenters. The molecule has 7 nitrogen and oxygen atoms in total. The summed E-state index contributed by atoms with van der Waals surface area (Å²) in [4.78, 5) is 13.1. The Bertz CT molecular complexity index is 706. The van der Waals surface area contributed by atoms with Gasteiger partial charge in [0.15, 0.2) is 11.8 Å². The molecule has 1 aromatic heterocycles. The second kappa shape index (κ2) is 7.16. The highest BCUT2D eigenvalue weighted by Gasteiger charge is 2.55. The largest absolute Gasteiger partial charge is 0.494 e. The van der Waals surface area contributed by atoms with Gasteiger partial charge in [-0.1, -0.05) is 37.3 Å². The van der Waals surface area contributed by atoms with E-state index in [2.05, 4.69) is 5.32 Å². The predicted molar refractivity (Wildman–Crippen MR) is 94.2 cm³/mol. The number of amides is 1. The Morgan fingerprint density at radius 2 is 1.72 bits per heavy atom. The van der Waals surface area contributed by atoms with Crippen molar-refractivity contribution in [3.05, 3.63) is 48.0 Å². The molecule has 25 heavy (non-hydrogen) atoms. The molecule has 136 valence electrons. The van der Waals surface area contributed by atoms with Crippen LogP contribution in [0.25, 0.3) is 0 Å². The van der Waals surface area contributed by atoms with Gasteiger partial charge in [0.05, 0.1) is 6.61 Å². The number of hydrogen-bond donors (Lipinski definition) is 5. The maximum atomic E-state index is 13.1. The van der Waals surface area contributed by atoms with Crippen molar-refractivity contribution in [2.45, 2.75) is 18.9 Å². The minimum Gasteiger partial charge on any atom is -0.494 e. The summed E-state index contributed by atoms with van der Waals surface area (Å²) in [6.45, 7) is 1.20. The third-order valence-corrected chi connectivity index (χ3v) is 4.92. The summed E-state index contributed by atoms with van der Waals surface area (Å²) in [7, 11) is 1.47. The number of nitrogens with zero attached hydrogens (tertiary/aromatic N) is 1. The van der Waals surface area contributed by atoms with Crippen molar-refractivity contribution in [1.29, 1.82) is 0 Å². The highest BCUT2D eigenvalue weighted by atomic mass is 16.3. The first-order valence-corrected chi connectivity index (χ1v) is 8.03.